The van der Waals surface area contributed by atoms with Gasteiger partial charge < -0.3 is 20.1 Å². The fourth-order valence-electron chi connectivity index (χ4n) is 4.17. The van der Waals surface area contributed by atoms with Crippen molar-refractivity contribution in [1.29, 1.82) is 0 Å². The van der Waals surface area contributed by atoms with Gasteiger partial charge in [0.05, 0.1) is 18.8 Å². The number of thiazole rings is 1. The van der Waals surface area contributed by atoms with Crippen molar-refractivity contribution in [1.82, 2.24) is 19.7 Å². The van der Waals surface area contributed by atoms with E-state index in [1.807, 2.05) is 53.4 Å². The van der Waals surface area contributed by atoms with Gasteiger partial charge in [0.2, 0.25) is 5.91 Å². The molecule has 1 aliphatic carbocycles. The highest BCUT2D eigenvalue weighted by Gasteiger charge is 2.34. The van der Waals surface area contributed by atoms with Gasteiger partial charge in [-0.3, -0.25) is 9.59 Å². The van der Waals surface area contributed by atoms with E-state index in [1.54, 1.807) is 12.3 Å². The van der Waals surface area contributed by atoms with Gasteiger partial charge in [0.25, 0.3) is 5.91 Å². The Morgan fingerprint density at radius 3 is 2.97 bits per heavy atom. The van der Waals surface area contributed by atoms with E-state index < -0.39 is 0 Å². The molecule has 0 fully saturated rings. The molecule has 0 radical (unpaired) electrons. The highest BCUT2D eigenvalue weighted by Crippen LogP contribution is 2.38. The van der Waals surface area contributed by atoms with Gasteiger partial charge in [-0.1, -0.05) is 13.0 Å². The molecule has 0 saturated carbocycles. The first-order valence-corrected chi connectivity index (χ1v) is 11.5. The molecule has 3 N–H and O–H groups in total. The minimum Gasteiger partial charge on any atom is -0.395 e. The van der Waals surface area contributed by atoms with Crippen molar-refractivity contribution in [2.45, 2.75) is 25.2 Å². The first-order valence-electron chi connectivity index (χ1n) is 10.7. The van der Waals surface area contributed by atoms with E-state index in [9.17, 15) is 14.7 Å². The lowest BCUT2D eigenvalue weighted by Crippen LogP contribution is -2.33. The predicted octanol–water partition coefficient (Wildman–Crippen LogP) is 3.02. The van der Waals surface area contributed by atoms with E-state index in [1.165, 1.54) is 11.3 Å². The zero-order valence-corrected chi connectivity index (χ0v) is 18.9. The smallest absolute Gasteiger partial charge is 0.251 e. The third-order valence-electron chi connectivity index (χ3n) is 6.17. The summed E-state index contributed by atoms with van der Waals surface area (Å²) >= 11 is 1.32. The summed E-state index contributed by atoms with van der Waals surface area (Å²) in [4.78, 5) is 33.7. The van der Waals surface area contributed by atoms with Crippen LogP contribution < -0.4 is 10.6 Å². The average Bonchev–Trinajstić information content (AvgIpc) is 3.56. The number of pyridine rings is 1. The summed E-state index contributed by atoms with van der Waals surface area (Å²) < 4.78 is 1.91. The molecule has 0 aliphatic heterocycles. The SMILES string of the molecule is C[C@@]1(CO)CCc2ccc(C(=O)NCC(=O)Nc3nc(-c4ccn5ccnc5c4)cs3)cc21. The summed E-state index contributed by atoms with van der Waals surface area (Å²) in [5, 5.41) is 17.5. The van der Waals surface area contributed by atoms with Gasteiger partial charge in [0.15, 0.2) is 5.13 Å². The Bertz CT molecular complexity index is 1360. The van der Waals surface area contributed by atoms with Gasteiger partial charge in [-0.25, -0.2) is 9.97 Å². The number of hydrogen-bond donors (Lipinski definition) is 3. The van der Waals surface area contributed by atoms with Crippen LogP contribution in [-0.4, -0.2) is 44.4 Å². The maximum atomic E-state index is 12.6. The molecule has 8 nitrogen and oxygen atoms in total. The Morgan fingerprint density at radius 2 is 2.12 bits per heavy atom. The molecule has 0 spiro atoms. The fourth-order valence-corrected chi connectivity index (χ4v) is 4.90. The number of aryl methyl sites for hydroxylation is 1. The van der Waals surface area contributed by atoms with E-state index in [0.29, 0.717) is 10.7 Å². The van der Waals surface area contributed by atoms with Gasteiger partial charge in [0, 0.05) is 40.5 Å². The Morgan fingerprint density at radius 1 is 1.24 bits per heavy atom. The topological polar surface area (TPSA) is 109 Å². The van der Waals surface area contributed by atoms with E-state index in [2.05, 4.69) is 20.6 Å². The number of imidazole rings is 1. The summed E-state index contributed by atoms with van der Waals surface area (Å²) in [6.45, 7) is 1.88. The number of anilines is 1. The van der Waals surface area contributed by atoms with Crippen LogP contribution >= 0.6 is 11.3 Å². The predicted molar refractivity (Wildman–Crippen MR) is 126 cm³/mol. The number of amides is 2. The molecule has 3 aromatic heterocycles. The number of fused-ring (bicyclic) bond motifs is 2. The van der Waals surface area contributed by atoms with Crippen molar-refractivity contribution in [3.63, 3.8) is 0 Å². The minimum atomic E-state index is -0.352. The highest BCUT2D eigenvalue weighted by atomic mass is 32.1. The number of aliphatic hydroxyl groups excluding tert-OH is 1. The summed E-state index contributed by atoms with van der Waals surface area (Å²) in [5.41, 5.74) is 4.79. The number of benzene rings is 1. The summed E-state index contributed by atoms with van der Waals surface area (Å²) in [6, 6.07) is 9.39. The molecule has 1 aromatic carbocycles. The lowest BCUT2D eigenvalue weighted by Gasteiger charge is -2.22. The first kappa shape index (κ1) is 21.3. The van der Waals surface area contributed by atoms with E-state index >= 15 is 0 Å². The molecule has 0 saturated heterocycles. The molecule has 9 heteroatoms. The number of nitrogens with one attached hydrogen (secondary N) is 2. The Kier molecular flexibility index (Phi) is 5.43. The number of nitrogens with zero attached hydrogens (tertiary/aromatic N) is 3. The molecule has 1 aliphatic rings. The first-order chi connectivity index (χ1) is 15.9. The van der Waals surface area contributed by atoms with Crippen LogP contribution in [0.25, 0.3) is 16.9 Å². The highest BCUT2D eigenvalue weighted by molar-refractivity contribution is 7.14. The minimum absolute atomic E-state index is 0.0409. The lowest BCUT2D eigenvalue weighted by atomic mass is 9.84. The number of rotatable bonds is 6. The molecule has 3 heterocycles. The number of carbonyl (C=O) groups is 2. The van der Waals surface area contributed by atoms with Gasteiger partial charge in [-0.05, 0) is 48.2 Å². The number of hydrogen-bond acceptors (Lipinski definition) is 6. The van der Waals surface area contributed by atoms with Crippen LogP contribution in [-0.2, 0) is 16.6 Å². The van der Waals surface area contributed by atoms with Gasteiger partial charge in [0.1, 0.15) is 5.65 Å². The molecular weight excluding hydrogens is 438 g/mol. The van der Waals surface area contributed by atoms with Crippen molar-refractivity contribution in [2.24, 2.45) is 0 Å². The Balaban J connectivity index is 1.20. The monoisotopic (exact) mass is 461 g/mol. The number of carbonyl (C=O) groups excluding carboxylic acids is 2. The third kappa shape index (κ3) is 4.12. The van der Waals surface area contributed by atoms with Gasteiger partial charge in [-0.2, -0.15) is 0 Å². The van der Waals surface area contributed by atoms with Crippen molar-refractivity contribution in [3.05, 3.63) is 71.0 Å². The number of aromatic nitrogens is 3. The van der Waals surface area contributed by atoms with Gasteiger partial charge >= 0.3 is 0 Å². The molecular formula is C24H23N5O3S. The second-order valence-corrected chi connectivity index (χ2v) is 9.33. The molecule has 4 aromatic rings. The Labute approximate surface area is 194 Å². The maximum Gasteiger partial charge on any atom is 0.251 e. The normalized spacial score (nSPS) is 17.2. The second-order valence-electron chi connectivity index (χ2n) is 8.47. The molecule has 0 bridgehead atoms. The van der Waals surface area contributed by atoms with Crippen LogP contribution in [0.2, 0.25) is 0 Å². The van der Waals surface area contributed by atoms with E-state index in [0.717, 1.165) is 40.9 Å². The molecule has 5 rings (SSSR count). The zero-order chi connectivity index (χ0) is 23.0. The standard InChI is InChI=1S/C24H23N5O3S/c1-24(14-30)6-4-15-2-3-17(10-18(15)24)22(32)26-12-21(31)28-23-27-19(13-33-23)16-5-8-29-9-7-25-20(29)11-16/h2-3,5,7-11,13,30H,4,6,12,14H2,1H3,(H,26,32)(H,27,28,31)/t24-/m0/s1. The zero-order valence-electron chi connectivity index (χ0n) is 18.0. The van der Waals surface area contributed by atoms with E-state index in [4.69, 9.17) is 0 Å². The average molecular weight is 462 g/mol. The van der Waals surface area contributed by atoms with Crippen molar-refractivity contribution < 1.29 is 14.7 Å². The van der Waals surface area contributed by atoms with Crippen molar-refractivity contribution in [3.8, 4) is 11.3 Å². The molecule has 33 heavy (non-hydrogen) atoms. The molecule has 168 valence electrons. The molecule has 1 atom stereocenters. The lowest BCUT2D eigenvalue weighted by molar-refractivity contribution is -0.115. The fraction of sp³-hybridized carbons (Fsp3) is 0.250. The van der Waals surface area contributed by atoms with Gasteiger partial charge in [-0.15, -0.1) is 11.3 Å². The van der Waals surface area contributed by atoms with Crippen LogP contribution in [0.5, 0.6) is 0 Å². The van der Waals surface area contributed by atoms with Crippen LogP contribution in [0.15, 0.2) is 54.3 Å². The summed E-state index contributed by atoms with van der Waals surface area (Å²) in [6.07, 6.45) is 7.26. The molecule has 2 amide bonds. The van der Waals surface area contributed by atoms with Crippen LogP contribution in [0, 0.1) is 0 Å². The van der Waals surface area contributed by atoms with E-state index in [-0.39, 0.29) is 30.4 Å². The van der Waals surface area contributed by atoms with Crippen LogP contribution in [0.3, 0.4) is 0 Å². The third-order valence-corrected chi connectivity index (χ3v) is 6.93. The van der Waals surface area contributed by atoms with Crippen molar-refractivity contribution >= 4 is 33.9 Å². The largest absolute Gasteiger partial charge is 0.395 e. The van der Waals surface area contributed by atoms with Crippen LogP contribution in [0.4, 0.5) is 5.13 Å². The van der Waals surface area contributed by atoms with Crippen LogP contribution in [0.1, 0.15) is 34.8 Å². The summed E-state index contributed by atoms with van der Waals surface area (Å²) in [5.74, 6) is -0.678. The van der Waals surface area contributed by atoms with Crippen molar-refractivity contribution in [2.75, 3.05) is 18.5 Å². The quantitative estimate of drug-likeness (QED) is 0.409. The maximum absolute atomic E-state index is 12.6. The number of aliphatic hydroxyl groups is 1. The molecule has 0 unspecified atom stereocenters. The summed E-state index contributed by atoms with van der Waals surface area (Å²) in [7, 11) is 0. The Hall–Kier alpha value is -3.56. The second kappa shape index (κ2) is 8.42.